The van der Waals surface area contributed by atoms with Gasteiger partial charge in [-0.05, 0) is 57.5 Å². The predicted octanol–water partition coefficient (Wildman–Crippen LogP) is -1.94. The lowest BCUT2D eigenvalue weighted by atomic mass is 10.1. The average molecular weight is 649 g/mol. The number of unbranched alkanes of at least 4 members (excludes halogenated alkanes) is 1. The van der Waals surface area contributed by atoms with Gasteiger partial charge in [-0.25, -0.2) is 9.59 Å². The first-order chi connectivity index (χ1) is 21.8. The third kappa shape index (κ3) is 12.3. The number of nitrogens with zero attached hydrogens (tertiary/aromatic N) is 1. The number of carbonyl (C=O) groups excluding carboxylic acids is 7. The third-order valence-electron chi connectivity index (χ3n) is 6.47. The van der Waals surface area contributed by atoms with Crippen LogP contribution in [0.3, 0.4) is 0 Å². The van der Waals surface area contributed by atoms with Crippen LogP contribution in [0.4, 0.5) is 0 Å². The Balaban J connectivity index is 1.92. The molecule has 0 bridgehead atoms. The summed E-state index contributed by atoms with van der Waals surface area (Å²) in [4.78, 5) is 113. The summed E-state index contributed by atoms with van der Waals surface area (Å²) in [5.74, 6) is -8.40. The van der Waals surface area contributed by atoms with E-state index in [4.69, 9.17) is 9.94 Å². The Morgan fingerprint density at radius 2 is 1.46 bits per heavy atom. The van der Waals surface area contributed by atoms with Gasteiger partial charge in [-0.1, -0.05) is 6.07 Å². The second-order valence-electron chi connectivity index (χ2n) is 10.1. The molecule has 7 N–H and O–H groups in total. The molecule has 1 aliphatic heterocycles. The van der Waals surface area contributed by atoms with Gasteiger partial charge in [0.1, 0.15) is 12.1 Å². The van der Waals surface area contributed by atoms with Crippen LogP contribution < -0.4 is 26.6 Å². The molecule has 0 spiro atoms. The van der Waals surface area contributed by atoms with Crippen molar-refractivity contribution in [3.05, 3.63) is 35.4 Å². The second-order valence-corrected chi connectivity index (χ2v) is 10.1. The van der Waals surface area contributed by atoms with E-state index in [1.807, 2.05) is 0 Å². The number of imide groups is 1. The smallest absolute Gasteiger partial charge is 0.363 e. The first-order valence-corrected chi connectivity index (χ1v) is 14.2. The van der Waals surface area contributed by atoms with Gasteiger partial charge in [0.15, 0.2) is 0 Å². The molecule has 18 heteroatoms. The van der Waals surface area contributed by atoms with Crippen LogP contribution in [0.25, 0.3) is 0 Å². The number of rotatable bonds is 19. The largest absolute Gasteiger partial charge is 0.481 e. The lowest BCUT2D eigenvalue weighted by molar-refractivity contribution is -0.172. The molecular formula is C28H36N6O12. The molecular weight excluding hydrogens is 612 g/mol. The molecule has 1 saturated heterocycles. The molecule has 1 heterocycles. The minimum absolute atomic E-state index is 0.0887. The normalized spacial score (nSPS) is 13.7. The van der Waals surface area contributed by atoms with Crippen LogP contribution in [0.2, 0.25) is 0 Å². The minimum Gasteiger partial charge on any atom is -0.481 e. The van der Waals surface area contributed by atoms with Gasteiger partial charge in [0, 0.05) is 24.8 Å². The monoisotopic (exact) mass is 648 g/mol. The molecule has 0 radical (unpaired) electrons. The van der Waals surface area contributed by atoms with Crippen molar-refractivity contribution in [3.8, 4) is 0 Å². The number of carboxylic acids is 2. The van der Waals surface area contributed by atoms with Crippen molar-refractivity contribution < 1.29 is 58.2 Å². The summed E-state index contributed by atoms with van der Waals surface area (Å²) in [5.41, 5.74) is -0.253. The van der Waals surface area contributed by atoms with E-state index in [2.05, 4.69) is 26.6 Å². The van der Waals surface area contributed by atoms with Crippen molar-refractivity contribution in [1.29, 1.82) is 0 Å². The zero-order valence-corrected chi connectivity index (χ0v) is 25.0. The molecule has 46 heavy (non-hydrogen) atoms. The van der Waals surface area contributed by atoms with Crippen LogP contribution in [0.1, 0.15) is 65.7 Å². The van der Waals surface area contributed by atoms with E-state index in [-0.39, 0.29) is 36.8 Å². The fourth-order valence-electron chi connectivity index (χ4n) is 4.07. The Morgan fingerprint density at radius 1 is 0.848 bits per heavy atom. The molecule has 1 aromatic carbocycles. The van der Waals surface area contributed by atoms with Crippen LogP contribution in [0.5, 0.6) is 0 Å². The number of amides is 6. The molecule has 0 unspecified atom stereocenters. The van der Waals surface area contributed by atoms with E-state index in [1.165, 1.54) is 18.2 Å². The Bertz CT molecular complexity index is 1330. The van der Waals surface area contributed by atoms with E-state index < -0.39 is 84.9 Å². The second kappa shape index (κ2) is 18.4. The number of aliphatic carboxylic acids is 2. The maximum absolute atomic E-state index is 12.7. The first-order valence-electron chi connectivity index (χ1n) is 14.2. The van der Waals surface area contributed by atoms with Gasteiger partial charge in [0.2, 0.25) is 17.7 Å². The molecule has 1 aliphatic rings. The van der Waals surface area contributed by atoms with Gasteiger partial charge in [-0.3, -0.25) is 33.6 Å². The highest BCUT2D eigenvalue weighted by Crippen LogP contribution is 2.15. The lowest BCUT2D eigenvalue weighted by Crippen LogP contribution is -2.52. The molecule has 250 valence electrons. The number of carboxylic acid groups (broad SMARTS) is 2. The van der Waals surface area contributed by atoms with Gasteiger partial charge < -0.3 is 41.6 Å². The summed E-state index contributed by atoms with van der Waals surface area (Å²) in [6.45, 7) is -0.649. The fraction of sp³-hybridized carbons (Fsp3) is 0.464. The van der Waals surface area contributed by atoms with Gasteiger partial charge in [-0.15, -0.1) is 5.06 Å². The highest BCUT2D eigenvalue weighted by molar-refractivity contribution is 6.03. The van der Waals surface area contributed by atoms with Crippen molar-refractivity contribution in [2.75, 3.05) is 26.7 Å². The van der Waals surface area contributed by atoms with Crippen molar-refractivity contribution in [1.82, 2.24) is 31.6 Å². The van der Waals surface area contributed by atoms with Gasteiger partial charge in [0.05, 0.1) is 18.7 Å². The van der Waals surface area contributed by atoms with Crippen LogP contribution in [0, 0.1) is 0 Å². The Morgan fingerprint density at radius 3 is 2.07 bits per heavy atom. The molecule has 1 aromatic rings. The SMILES string of the molecule is CNCCCC[C@@H](NC(=O)CNC(=O)[C@@H](CCC(=O)O)NC(=O)CNC(=O)c1cccc(C(=O)ON2C(=O)CCC2=O)c1)C(=O)O. The quantitative estimate of drug-likeness (QED) is 0.0637. The van der Waals surface area contributed by atoms with Gasteiger partial charge in [-0.2, -0.15) is 0 Å². The van der Waals surface area contributed by atoms with Crippen LogP contribution in [-0.2, 0) is 38.4 Å². The molecule has 0 aliphatic carbocycles. The summed E-state index contributed by atoms with van der Waals surface area (Å²) in [6, 6.07) is 2.41. The summed E-state index contributed by atoms with van der Waals surface area (Å²) in [6.07, 6.45) is 0.274. The number of hydroxylamine groups is 2. The third-order valence-corrected chi connectivity index (χ3v) is 6.47. The van der Waals surface area contributed by atoms with Crippen LogP contribution in [0.15, 0.2) is 24.3 Å². The number of benzene rings is 1. The molecule has 18 nitrogen and oxygen atoms in total. The molecule has 0 saturated carbocycles. The molecule has 2 rings (SSSR count). The number of nitrogens with one attached hydrogen (secondary N) is 5. The van der Waals surface area contributed by atoms with Crippen LogP contribution >= 0.6 is 0 Å². The maximum atomic E-state index is 12.7. The van der Waals surface area contributed by atoms with Crippen molar-refractivity contribution >= 4 is 53.4 Å². The summed E-state index contributed by atoms with van der Waals surface area (Å²) in [7, 11) is 1.75. The Labute approximate surface area is 262 Å². The van der Waals surface area contributed by atoms with Gasteiger partial charge in [0.25, 0.3) is 17.7 Å². The highest BCUT2D eigenvalue weighted by atomic mass is 16.7. The van der Waals surface area contributed by atoms with E-state index >= 15 is 0 Å². The van der Waals surface area contributed by atoms with Crippen molar-refractivity contribution in [2.45, 2.75) is 57.0 Å². The number of hydrogen-bond donors (Lipinski definition) is 7. The van der Waals surface area contributed by atoms with E-state index in [0.29, 0.717) is 24.4 Å². The molecule has 1 fully saturated rings. The minimum atomic E-state index is -1.42. The molecule has 2 atom stereocenters. The Hall–Kier alpha value is -5.39. The average Bonchev–Trinajstić information content (AvgIpc) is 3.33. The zero-order chi connectivity index (χ0) is 34.2. The zero-order valence-electron chi connectivity index (χ0n) is 25.0. The van der Waals surface area contributed by atoms with E-state index in [1.54, 1.807) is 7.05 Å². The topological polar surface area (TPSA) is 267 Å². The fourth-order valence-corrected chi connectivity index (χ4v) is 4.07. The van der Waals surface area contributed by atoms with Crippen LogP contribution in [-0.4, -0.2) is 107 Å². The maximum Gasteiger partial charge on any atom is 0.363 e. The predicted molar refractivity (Wildman–Crippen MR) is 154 cm³/mol. The van der Waals surface area contributed by atoms with E-state index in [0.717, 1.165) is 6.07 Å². The van der Waals surface area contributed by atoms with Gasteiger partial charge >= 0.3 is 17.9 Å². The summed E-state index contributed by atoms with van der Waals surface area (Å²) < 4.78 is 0. The highest BCUT2D eigenvalue weighted by Gasteiger charge is 2.33. The Kier molecular flexibility index (Phi) is 14.7. The first kappa shape index (κ1) is 36.8. The number of hydrogen-bond acceptors (Lipinski definition) is 11. The lowest BCUT2D eigenvalue weighted by Gasteiger charge is -2.19. The molecule has 6 amide bonds. The number of carbonyl (C=O) groups is 9. The standard InChI is InChI=1S/C28H36N6O12/c1-29-12-3-2-7-19(27(43)44)33-21(36)15-31-26(42)18(8-11-24(39)40)32-20(35)14-30-25(41)16-5-4-6-17(13-16)28(45)46-34-22(37)9-10-23(34)38/h4-6,13,18-19,29H,2-3,7-12,14-15H2,1H3,(H,30,41)(H,31,42)(H,32,35)(H,33,36)(H,39,40)(H,43,44)/t18-,19-/m1/s1. The van der Waals surface area contributed by atoms with Crippen molar-refractivity contribution in [3.63, 3.8) is 0 Å². The van der Waals surface area contributed by atoms with E-state index in [9.17, 15) is 48.3 Å². The summed E-state index contributed by atoms with van der Waals surface area (Å²) in [5, 5.41) is 30.7. The van der Waals surface area contributed by atoms with Crippen molar-refractivity contribution in [2.24, 2.45) is 0 Å². The summed E-state index contributed by atoms with van der Waals surface area (Å²) >= 11 is 0. The molecule has 0 aromatic heterocycles.